The van der Waals surface area contributed by atoms with Gasteiger partial charge in [-0.3, -0.25) is 4.79 Å². The van der Waals surface area contributed by atoms with Crippen molar-refractivity contribution in [3.63, 3.8) is 0 Å². The number of hydrogen-bond acceptors (Lipinski definition) is 4. The number of imidazole rings is 1. The van der Waals surface area contributed by atoms with E-state index in [-0.39, 0.29) is 5.97 Å². The zero-order valence-corrected chi connectivity index (χ0v) is 13.5. The lowest BCUT2D eigenvalue weighted by atomic mass is 9.81. The van der Waals surface area contributed by atoms with Gasteiger partial charge in [0.25, 0.3) is 0 Å². The minimum Gasteiger partial charge on any atom is -0.465 e. The first kappa shape index (κ1) is 15.0. The Bertz CT molecular complexity index is 620. The first-order valence-electron chi connectivity index (χ1n) is 6.76. The molecule has 0 fully saturated rings. The summed E-state index contributed by atoms with van der Waals surface area (Å²) in [4.78, 5) is 24.3. The number of fused-ring (bicyclic) bond motifs is 1. The number of hydrogen-bond donors (Lipinski definition) is 1. The lowest BCUT2D eigenvalue weighted by molar-refractivity contribution is -0.150. The lowest BCUT2D eigenvalue weighted by Crippen LogP contribution is -2.37. The lowest BCUT2D eigenvalue weighted by Gasteiger charge is -2.26. The molecule has 2 rings (SSSR count). The van der Waals surface area contributed by atoms with Crippen molar-refractivity contribution in [2.45, 2.75) is 39.0 Å². The fourth-order valence-corrected chi connectivity index (χ4v) is 2.67. The molecule has 2 aromatic rings. The second-order valence-corrected chi connectivity index (χ2v) is 5.54. The summed E-state index contributed by atoms with van der Waals surface area (Å²) in [5.74, 6) is 0.393. The SMILES string of the molecule is CCOC(=O)C(CC)(CC)c1nc2ncc(Br)cc2[nH]1. The van der Waals surface area contributed by atoms with Gasteiger partial charge in [0.15, 0.2) is 5.65 Å². The van der Waals surface area contributed by atoms with Crippen LogP contribution in [0.4, 0.5) is 0 Å². The number of carbonyl (C=O) groups excluding carboxylic acids is 1. The largest absolute Gasteiger partial charge is 0.465 e. The number of aromatic amines is 1. The van der Waals surface area contributed by atoms with Crippen LogP contribution in [0.25, 0.3) is 11.2 Å². The van der Waals surface area contributed by atoms with E-state index in [0.717, 1.165) is 9.99 Å². The number of halogens is 1. The van der Waals surface area contributed by atoms with Crippen LogP contribution in [0, 0.1) is 0 Å². The van der Waals surface area contributed by atoms with Gasteiger partial charge in [-0.2, -0.15) is 0 Å². The van der Waals surface area contributed by atoms with Crippen molar-refractivity contribution in [3.8, 4) is 0 Å². The van der Waals surface area contributed by atoms with E-state index in [4.69, 9.17) is 4.74 Å². The fraction of sp³-hybridized carbons (Fsp3) is 0.500. The van der Waals surface area contributed by atoms with E-state index in [1.54, 1.807) is 6.20 Å². The summed E-state index contributed by atoms with van der Waals surface area (Å²) < 4.78 is 6.11. The van der Waals surface area contributed by atoms with Crippen molar-refractivity contribution in [1.82, 2.24) is 15.0 Å². The van der Waals surface area contributed by atoms with Crippen LogP contribution >= 0.6 is 15.9 Å². The number of ether oxygens (including phenoxy) is 1. The molecule has 5 nitrogen and oxygen atoms in total. The maximum Gasteiger partial charge on any atom is 0.319 e. The highest BCUT2D eigenvalue weighted by Gasteiger charge is 2.41. The van der Waals surface area contributed by atoms with Gasteiger partial charge in [0.05, 0.1) is 12.1 Å². The number of aromatic nitrogens is 3. The van der Waals surface area contributed by atoms with Gasteiger partial charge in [0.1, 0.15) is 11.2 Å². The van der Waals surface area contributed by atoms with Crippen molar-refractivity contribution >= 4 is 33.1 Å². The number of carbonyl (C=O) groups is 1. The molecule has 0 amide bonds. The first-order chi connectivity index (χ1) is 9.57. The number of rotatable bonds is 5. The highest BCUT2D eigenvalue weighted by molar-refractivity contribution is 9.10. The molecular formula is C14H18BrN3O2. The second kappa shape index (κ2) is 5.91. The summed E-state index contributed by atoms with van der Waals surface area (Å²) >= 11 is 3.38. The molecule has 0 bridgehead atoms. The van der Waals surface area contributed by atoms with E-state index >= 15 is 0 Å². The van der Waals surface area contributed by atoms with E-state index in [0.29, 0.717) is 30.9 Å². The molecule has 0 radical (unpaired) electrons. The Morgan fingerprint density at radius 1 is 1.40 bits per heavy atom. The van der Waals surface area contributed by atoms with E-state index < -0.39 is 5.41 Å². The standard InChI is InChI=1S/C14H18BrN3O2/c1-4-14(5-2,13(19)20-6-3)12-17-10-7-9(15)8-16-11(10)18-12/h7-8H,4-6H2,1-3H3,(H,16,17,18). The topological polar surface area (TPSA) is 67.9 Å². The molecule has 0 aliphatic heterocycles. The third kappa shape index (κ3) is 2.44. The van der Waals surface area contributed by atoms with E-state index in [2.05, 4.69) is 30.9 Å². The van der Waals surface area contributed by atoms with Crippen LogP contribution in [-0.4, -0.2) is 27.5 Å². The van der Waals surface area contributed by atoms with Crippen LogP contribution in [0.2, 0.25) is 0 Å². The minimum absolute atomic E-state index is 0.233. The summed E-state index contributed by atoms with van der Waals surface area (Å²) in [6.07, 6.45) is 2.95. The van der Waals surface area contributed by atoms with Crippen LogP contribution in [0.15, 0.2) is 16.7 Å². The zero-order chi connectivity index (χ0) is 14.8. The summed E-state index contributed by atoms with van der Waals surface area (Å²) in [6, 6.07) is 1.90. The Labute approximate surface area is 126 Å². The Kier molecular flexibility index (Phi) is 4.42. The summed E-state index contributed by atoms with van der Waals surface area (Å²) in [5.41, 5.74) is 0.687. The Morgan fingerprint density at radius 2 is 2.10 bits per heavy atom. The average molecular weight is 340 g/mol. The fourth-order valence-electron chi connectivity index (χ4n) is 2.34. The second-order valence-electron chi connectivity index (χ2n) is 4.62. The summed E-state index contributed by atoms with van der Waals surface area (Å²) in [6.45, 7) is 6.11. The smallest absolute Gasteiger partial charge is 0.319 e. The number of H-pyrrole nitrogens is 1. The van der Waals surface area contributed by atoms with E-state index in [1.807, 2.05) is 26.8 Å². The molecule has 0 saturated carbocycles. The number of nitrogens with one attached hydrogen (secondary N) is 1. The molecule has 0 spiro atoms. The van der Waals surface area contributed by atoms with Crippen molar-refractivity contribution in [3.05, 3.63) is 22.6 Å². The Morgan fingerprint density at radius 3 is 2.70 bits per heavy atom. The first-order valence-corrected chi connectivity index (χ1v) is 7.55. The maximum absolute atomic E-state index is 12.4. The van der Waals surface area contributed by atoms with Crippen LogP contribution < -0.4 is 0 Å². The molecule has 20 heavy (non-hydrogen) atoms. The quantitative estimate of drug-likeness (QED) is 0.848. The molecule has 0 unspecified atom stereocenters. The predicted octanol–water partition coefficient (Wildman–Crippen LogP) is 3.34. The molecule has 2 heterocycles. The van der Waals surface area contributed by atoms with Crippen LogP contribution in [0.3, 0.4) is 0 Å². The Hall–Kier alpha value is -1.43. The van der Waals surface area contributed by atoms with Gasteiger partial charge in [-0.25, -0.2) is 9.97 Å². The normalized spacial score (nSPS) is 11.8. The van der Waals surface area contributed by atoms with Crippen molar-refractivity contribution < 1.29 is 9.53 Å². The van der Waals surface area contributed by atoms with Gasteiger partial charge in [-0.15, -0.1) is 0 Å². The maximum atomic E-state index is 12.4. The van der Waals surface area contributed by atoms with Crippen LogP contribution in [-0.2, 0) is 14.9 Å². The summed E-state index contributed by atoms with van der Waals surface area (Å²) in [5, 5.41) is 0. The van der Waals surface area contributed by atoms with Crippen molar-refractivity contribution in [2.75, 3.05) is 6.61 Å². The van der Waals surface area contributed by atoms with Gasteiger partial charge in [-0.05, 0) is 41.8 Å². The molecule has 1 N–H and O–H groups in total. The molecule has 108 valence electrons. The van der Waals surface area contributed by atoms with Gasteiger partial charge in [0, 0.05) is 10.7 Å². The number of esters is 1. The Balaban J connectivity index is 2.53. The third-order valence-electron chi connectivity index (χ3n) is 3.63. The highest BCUT2D eigenvalue weighted by Crippen LogP contribution is 2.32. The van der Waals surface area contributed by atoms with Crippen LogP contribution in [0.5, 0.6) is 0 Å². The predicted molar refractivity (Wildman–Crippen MR) is 80.5 cm³/mol. The van der Waals surface area contributed by atoms with E-state index in [9.17, 15) is 4.79 Å². The molecule has 0 atom stereocenters. The van der Waals surface area contributed by atoms with E-state index in [1.165, 1.54) is 0 Å². The third-order valence-corrected chi connectivity index (χ3v) is 4.06. The minimum atomic E-state index is -0.733. The molecular weight excluding hydrogens is 322 g/mol. The van der Waals surface area contributed by atoms with Gasteiger partial charge < -0.3 is 9.72 Å². The number of nitrogens with zero attached hydrogens (tertiary/aromatic N) is 2. The molecule has 0 saturated heterocycles. The molecule has 0 aromatic carbocycles. The molecule has 0 aliphatic rings. The zero-order valence-electron chi connectivity index (χ0n) is 11.9. The molecule has 2 aromatic heterocycles. The highest BCUT2D eigenvalue weighted by atomic mass is 79.9. The summed E-state index contributed by atoms with van der Waals surface area (Å²) in [7, 11) is 0. The molecule has 6 heteroatoms. The van der Waals surface area contributed by atoms with Gasteiger partial charge >= 0.3 is 5.97 Å². The monoisotopic (exact) mass is 339 g/mol. The van der Waals surface area contributed by atoms with Crippen LogP contribution in [0.1, 0.15) is 39.4 Å². The van der Waals surface area contributed by atoms with Gasteiger partial charge in [0.2, 0.25) is 0 Å². The average Bonchev–Trinajstić information content (AvgIpc) is 2.84. The van der Waals surface area contributed by atoms with Crippen molar-refractivity contribution in [1.29, 1.82) is 0 Å². The number of pyridine rings is 1. The van der Waals surface area contributed by atoms with Gasteiger partial charge in [-0.1, -0.05) is 13.8 Å². The molecule has 0 aliphatic carbocycles. The van der Waals surface area contributed by atoms with Crippen molar-refractivity contribution in [2.24, 2.45) is 0 Å².